The summed E-state index contributed by atoms with van der Waals surface area (Å²) in [6, 6.07) is 12.8. The van der Waals surface area contributed by atoms with Gasteiger partial charge in [-0.1, -0.05) is 30.3 Å². The minimum atomic E-state index is -0.0182. The minimum Gasteiger partial charge on any atom is -0.331 e. The van der Waals surface area contributed by atoms with E-state index in [4.69, 9.17) is 0 Å². The van der Waals surface area contributed by atoms with E-state index < -0.39 is 0 Å². The van der Waals surface area contributed by atoms with Gasteiger partial charge in [0.25, 0.3) is 0 Å². The second kappa shape index (κ2) is 7.24. The van der Waals surface area contributed by atoms with E-state index in [9.17, 15) is 4.79 Å². The lowest BCUT2D eigenvalue weighted by Gasteiger charge is -2.46. The summed E-state index contributed by atoms with van der Waals surface area (Å²) in [6.07, 6.45) is 10.1. The van der Waals surface area contributed by atoms with Crippen molar-refractivity contribution in [1.82, 2.24) is 19.2 Å². The Morgan fingerprint density at radius 2 is 1.93 bits per heavy atom. The monoisotopic (exact) mass is 400 g/mol. The SMILES string of the molecule is O=C(C[C@@H]1CN2CCC1CC2)N1CCc2ccccc2[C@@H]1c1ccc2nccn2c1. The molecule has 6 heterocycles. The molecule has 1 aromatic carbocycles. The van der Waals surface area contributed by atoms with Crippen molar-refractivity contribution >= 4 is 11.6 Å². The van der Waals surface area contributed by atoms with Crippen LogP contribution < -0.4 is 0 Å². The fraction of sp³-hybridized carbons (Fsp3) is 0.440. The van der Waals surface area contributed by atoms with Crippen LogP contribution in [0.4, 0.5) is 0 Å². The summed E-state index contributed by atoms with van der Waals surface area (Å²) in [7, 11) is 0. The van der Waals surface area contributed by atoms with Crippen molar-refractivity contribution in [3.63, 3.8) is 0 Å². The number of carbonyl (C=O) groups is 1. The molecule has 4 aliphatic heterocycles. The Morgan fingerprint density at radius 3 is 2.77 bits per heavy atom. The van der Waals surface area contributed by atoms with Gasteiger partial charge in [0.2, 0.25) is 5.91 Å². The summed E-state index contributed by atoms with van der Waals surface area (Å²) < 4.78 is 2.06. The largest absolute Gasteiger partial charge is 0.331 e. The quantitative estimate of drug-likeness (QED) is 0.675. The van der Waals surface area contributed by atoms with Crippen molar-refractivity contribution in [2.45, 2.75) is 31.7 Å². The van der Waals surface area contributed by atoms with E-state index in [2.05, 4.69) is 61.8 Å². The molecular weight excluding hydrogens is 372 g/mol. The number of hydrogen-bond donors (Lipinski definition) is 0. The van der Waals surface area contributed by atoms with Crippen LogP contribution in [-0.2, 0) is 11.2 Å². The maximum absolute atomic E-state index is 13.6. The van der Waals surface area contributed by atoms with Gasteiger partial charge in [-0.25, -0.2) is 4.98 Å². The Labute approximate surface area is 177 Å². The molecular formula is C25H28N4O. The number of amides is 1. The number of benzene rings is 1. The zero-order chi connectivity index (χ0) is 20.1. The van der Waals surface area contributed by atoms with Crippen molar-refractivity contribution in [2.24, 2.45) is 11.8 Å². The zero-order valence-electron chi connectivity index (χ0n) is 17.3. The van der Waals surface area contributed by atoms with Crippen LogP contribution in [0.25, 0.3) is 5.65 Å². The number of pyridine rings is 1. The number of aromatic nitrogens is 2. The van der Waals surface area contributed by atoms with E-state index >= 15 is 0 Å². The molecule has 3 saturated heterocycles. The van der Waals surface area contributed by atoms with Crippen molar-refractivity contribution in [3.05, 3.63) is 71.7 Å². The second-order valence-corrected chi connectivity index (χ2v) is 9.20. The normalized spacial score (nSPS) is 27.9. The summed E-state index contributed by atoms with van der Waals surface area (Å²) in [5.74, 6) is 1.57. The molecule has 0 saturated carbocycles. The Hall–Kier alpha value is -2.66. The summed E-state index contributed by atoms with van der Waals surface area (Å²) in [5.41, 5.74) is 4.73. The Kier molecular flexibility index (Phi) is 4.38. The van der Waals surface area contributed by atoms with Crippen molar-refractivity contribution < 1.29 is 4.79 Å². The summed E-state index contributed by atoms with van der Waals surface area (Å²) in [4.78, 5) is 22.7. The Balaban J connectivity index is 1.34. The number of fused-ring (bicyclic) bond motifs is 5. The molecule has 0 N–H and O–H groups in total. The van der Waals surface area contributed by atoms with Gasteiger partial charge in [-0.05, 0) is 66.9 Å². The summed E-state index contributed by atoms with van der Waals surface area (Å²) >= 11 is 0. The van der Waals surface area contributed by atoms with Crippen LogP contribution in [0.15, 0.2) is 55.0 Å². The highest BCUT2D eigenvalue weighted by molar-refractivity contribution is 5.78. The lowest BCUT2D eigenvalue weighted by atomic mass is 9.77. The third-order valence-electron chi connectivity index (χ3n) is 7.56. The highest BCUT2D eigenvalue weighted by Gasteiger charge is 2.38. The predicted octanol–water partition coefficient (Wildman–Crippen LogP) is 3.54. The topological polar surface area (TPSA) is 40.9 Å². The summed E-state index contributed by atoms with van der Waals surface area (Å²) in [6.45, 7) is 4.34. The molecule has 0 spiro atoms. The molecule has 1 amide bonds. The molecule has 2 aromatic heterocycles. The van der Waals surface area contributed by atoms with Crippen molar-refractivity contribution in [2.75, 3.05) is 26.2 Å². The second-order valence-electron chi connectivity index (χ2n) is 9.20. The van der Waals surface area contributed by atoms with Crippen LogP contribution in [0.5, 0.6) is 0 Å². The van der Waals surface area contributed by atoms with Gasteiger partial charge in [0.15, 0.2) is 0 Å². The van der Waals surface area contributed by atoms with E-state index in [1.165, 1.54) is 37.1 Å². The number of piperidine rings is 3. The van der Waals surface area contributed by atoms with Crippen LogP contribution in [0, 0.1) is 11.8 Å². The smallest absolute Gasteiger partial charge is 0.223 e. The van der Waals surface area contributed by atoms with Crippen LogP contribution in [0.3, 0.4) is 0 Å². The molecule has 0 aliphatic carbocycles. The maximum Gasteiger partial charge on any atom is 0.223 e. The van der Waals surface area contributed by atoms with Crippen molar-refractivity contribution in [1.29, 1.82) is 0 Å². The molecule has 3 aromatic rings. The maximum atomic E-state index is 13.6. The third kappa shape index (κ3) is 3.03. The summed E-state index contributed by atoms with van der Waals surface area (Å²) in [5, 5.41) is 0. The minimum absolute atomic E-state index is 0.0182. The number of rotatable bonds is 3. The van der Waals surface area contributed by atoms with Gasteiger partial charge in [0.05, 0.1) is 6.04 Å². The Bertz CT molecular complexity index is 1080. The van der Waals surface area contributed by atoms with Crippen LogP contribution >= 0.6 is 0 Å². The van der Waals surface area contributed by atoms with Gasteiger partial charge in [-0.2, -0.15) is 0 Å². The lowest BCUT2D eigenvalue weighted by Crippen LogP contribution is -2.49. The first-order chi connectivity index (χ1) is 14.8. The molecule has 2 atom stereocenters. The van der Waals surface area contributed by atoms with E-state index in [0.717, 1.165) is 36.6 Å². The van der Waals surface area contributed by atoms with E-state index in [0.29, 0.717) is 18.2 Å². The molecule has 30 heavy (non-hydrogen) atoms. The molecule has 0 unspecified atom stereocenters. The highest BCUT2D eigenvalue weighted by atomic mass is 16.2. The van der Waals surface area contributed by atoms with Crippen LogP contribution in [0.1, 0.15) is 42.0 Å². The van der Waals surface area contributed by atoms with E-state index in [1.54, 1.807) is 0 Å². The lowest BCUT2D eigenvalue weighted by molar-refractivity contribution is -0.136. The first kappa shape index (κ1) is 18.1. The van der Waals surface area contributed by atoms with Gasteiger partial charge in [0, 0.05) is 38.1 Å². The van der Waals surface area contributed by atoms with Gasteiger partial charge in [-0.15, -0.1) is 0 Å². The molecule has 154 valence electrons. The molecule has 2 bridgehead atoms. The van der Waals surface area contributed by atoms with Crippen LogP contribution in [0.2, 0.25) is 0 Å². The number of nitrogens with zero attached hydrogens (tertiary/aromatic N) is 4. The standard InChI is InChI=1S/C25H28N4O/c30-24(15-21-16-27-11-7-18(21)8-12-27)29-13-9-19-3-1-2-4-22(19)25(29)20-5-6-23-26-10-14-28(23)17-20/h1-6,10,14,17-18,21,25H,7-9,11-13,15-16H2/t21-,25+/m1/s1. The van der Waals surface area contributed by atoms with Gasteiger partial charge in [-0.3, -0.25) is 4.79 Å². The molecule has 5 nitrogen and oxygen atoms in total. The Morgan fingerprint density at radius 1 is 1.07 bits per heavy atom. The molecule has 0 radical (unpaired) electrons. The average molecular weight is 401 g/mol. The number of carbonyl (C=O) groups excluding carboxylic acids is 1. The van der Waals surface area contributed by atoms with E-state index in [1.807, 2.05) is 12.4 Å². The first-order valence-electron chi connectivity index (χ1n) is 11.3. The number of hydrogen-bond acceptors (Lipinski definition) is 3. The van der Waals surface area contributed by atoms with Gasteiger partial charge >= 0.3 is 0 Å². The molecule has 3 fully saturated rings. The zero-order valence-corrected chi connectivity index (χ0v) is 17.3. The molecule has 7 rings (SSSR count). The first-order valence-corrected chi connectivity index (χ1v) is 11.3. The van der Waals surface area contributed by atoms with Gasteiger partial charge < -0.3 is 14.2 Å². The van der Waals surface area contributed by atoms with E-state index in [-0.39, 0.29) is 6.04 Å². The average Bonchev–Trinajstić information content (AvgIpc) is 3.27. The fourth-order valence-corrected chi connectivity index (χ4v) is 5.95. The van der Waals surface area contributed by atoms with Crippen LogP contribution in [-0.4, -0.2) is 51.3 Å². The molecule has 4 aliphatic rings. The highest BCUT2D eigenvalue weighted by Crippen LogP contribution is 2.38. The fourth-order valence-electron chi connectivity index (χ4n) is 5.95. The predicted molar refractivity (Wildman–Crippen MR) is 116 cm³/mol. The van der Waals surface area contributed by atoms with Gasteiger partial charge in [0.1, 0.15) is 5.65 Å². The number of imidazole rings is 1. The molecule has 5 heteroatoms. The third-order valence-corrected chi connectivity index (χ3v) is 7.56. The van der Waals surface area contributed by atoms with Crippen molar-refractivity contribution in [3.8, 4) is 0 Å².